The molecule has 0 N–H and O–H groups in total. The van der Waals surface area contributed by atoms with Crippen molar-refractivity contribution < 1.29 is 0 Å². The summed E-state index contributed by atoms with van der Waals surface area (Å²) in [7, 11) is 0.595. The largest absolute Gasteiger partial charge is 0.106 e. The van der Waals surface area contributed by atoms with Gasteiger partial charge in [-0.1, -0.05) is 27.7 Å². The van der Waals surface area contributed by atoms with Gasteiger partial charge in [-0.15, -0.1) is 11.0 Å². The third kappa shape index (κ3) is 3.70. The van der Waals surface area contributed by atoms with Crippen molar-refractivity contribution >= 4 is 25.2 Å². The van der Waals surface area contributed by atoms with Gasteiger partial charge in [0.25, 0.3) is 0 Å². The highest BCUT2D eigenvalue weighted by atomic mass is 33.1. The molecular weight excluding hydrogens is 286 g/mol. The van der Waals surface area contributed by atoms with E-state index in [1.165, 1.54) is 25.7 Å². The Bertz CT molecular complexity index is 221. The van der Waals surface area contributed by atoms with Gasteiger partial charge in [0.2, 0.25) is 0 Å². The van der Waals surface area contributed by atoms with Gasteiger partial charge in [-0.3, -0.25) is 0 Å². The molecule has 2 saturated heterocycles. The fourth-order valence-electron chi connectivity index (χ4n) is 3.79. The number of rotatable bonds is 6. The van der Waals surface area contributed by atoms with E-state index < -0.39 is 0 Å². The molecule has 2 rings (SSSR count). The average Bonchev–Trinajstić information content (AvgIpc) is 3.02. The van der Waals surface area contributed by atoms with Gasteiger partial charge in [0, 0.05) is 0 Å². The third-order valence-corrected chi connectivity index (χ3v) is 19.0. The number of hydrogen-bond donors (Lipinski definition) is 0. The predicted octanol–water partition coefficient (Wildman–Crippen LogP) is 7.22. The zero-order valence-electron chi connectivity index (χ0n) is 13.3. The Hall–Kier alpha value is 1.21. The zero-order valence-corrected chi connectivity index (χ0v) is 15.9. The maximum atomic E-state index is 2.58. The van der Waals surface area contributed by atoms with Crippen molar-refractivity contribution in [3.05, 3.63) is 0 Å². The predicted molar refractivity (Wildman–Crippen MR) is 96.2 cm³/mol. The number of hydrogen-bond acceptors (Lipinski definition) is 1. The van der Waals surface area contributed by atoms with Gasteiger partial charge in [0.1, 0.15) is 0 Å². The van der Waals surface area contributed by atoms with E-state index in [9.17, 15) is 0 Å². The molecule has 0 aromatic carbocycles. The van der Waals surface area contributed by atoms with E-state index in [0.717, 1.165) is 22.6 Å². The molecule has 0 amide bonds. The molecule has 0 saturated carbocycles. The van der Waals surface area contributed by atoms with Gasteiger partial charge in [0.05, 0.1) is 0 Å². The van der Waals surface area contributed by atoms with Crippen molar-refractivity contribution in [3.8, 4) is 0 Å². The van der Waals surface area contributed by atoms with Gasteiger partial charge in [0.15, 0.2) is 0 Å². The van der Waals surface area contributed by atoms with E-state index >= 15 is 0 Å². The second-order valence-corrected chi connectivity index (χ2v) is 15.2. The van der Waals surface area contributed by atoms with Crippen molar-refractivity contribution in [1.82, 2.24) is 0 Å². The Kier molecular flexibility index (Phi) is 6.98. The summed E-state index contributed by atoms with van der Waals surface area (Å²) in [6, 6.07) is 0. The summed E-state index contributed by atoms with van der Waals surface area (Å²) in [6.45, 7) is 9.76. The molecule has 2 fully saturated rings. The Morgan fingerprint density at radius 1 is 0.632 bits per heavy atom. The van der Waals surface area contributed by atoms with Crippen LogP contribution in [-0.2, 0) is 0 Å². The Labute approximate surface area is 127 Å². The van der Waals surface area contributed by atoms with Crippen LogP contribution in [0.3, 0.4) is 0 Å². The van der Waals surface area contributed by atoms with E-state index in [1.54, 1.807) is 25.7 Å². The fourth-order valence-corrected chi connectivity index (χ4v) is 20.9. The minimum Gasteiger partial charge on any atom is -0.106 e. The summed E-state index contributed by atoms with van der Waals surface area (Å²) in [5, 5.41) is 0. The normalized spacial score (nSPS) is 40.1. The molecule has 0 bridgehead atoms. The van der Waals surface area contributed by atoms with Crippen LogP contribution < -0.4 is 0 Å². The highest BCUT2D eigenvalue weighted by molar-refractivity contribution is 8.85. The molecule has 0 radical (unpaired) electrons. The van der Waals surface area contributed by atoms with Gasteiger partial charge >= 0.3 is 0 Å². The summed E-state index contributed by atoms with van der Waals surface area (Å²) < 4.78 is 0. The maximum absolute atomic E-state index is 2.58. The summed E-state index contributed by atoms with van der Waals surface area (Å²) in [4.78, 5) is 0. The van der Waals surface area contributed by atoms with E-state index in [0.29, 0.717) is 14.2 Å². The van der Waals surface area contributed by atoms with E-state index in [4.69, 9.17) is 0 Å². The topological polar surface area (TPSA) is 0 Å². The molecule has 0 spiro atoms. The average molecular weight is 318 g/mol. The lowest BCUT2D eigenvalue weighted by Gasteiger charge is -2.32. The lowest BCUT2D eigenvalue weighted by Crippen LogP contribution is -2.03. The summed E-state index contributed by atoms with van der Waals surface area (Å²) >= 11 is 2.58. The van der Waals surface area contributed by atoms with Crippen molar-refractivity contribution in [2.24, 2.45) is 0 Å². The molecule has 2 heterocycles. The van der Waals surface area contributed by atoms with Crippen LogP contribution in [0.1, 0.15) is 79.1 Å². The highest BCUT2D eigenvalue weighted by Crippen LogP contribution is 2.81. The summed E-state index contributed by atoms with van der Waals surface area (Å²) in [5.74, 6) is 0. The molecule has 0 aromatic rings. The third-order valence-electron chi connectivity index (χ3n) is 5.18. The summed E-state index contributed by atoms with van der Waals surface area (Å²) in [5.41, 5.74) is 4.40. The van der Waals surface area contributed by atoms with Crippen LogP contribution in [0.5, 0.6) is 0 Å². The van der Waals surface area contributed by atoms with Gasteiger partial charge < -0.3 is 0 Å². The first-order chi connectivity index (χ1) is 9.24. The monoisotopic (exact) mass is 318 g/mol. The molecule has 112 valence electrons. The van der Waals surface area contributed by atoms with Crippen LogP contribution >= 0.6 is 25.2 Å². The van der Waals surface area contributed by atoms with Gasteiger partial charge in [-0.25, -0.2) is 0 Å². The minimum absolute atomic E-state index is 0.298. The second kappa shape index (κ2) is 8.00. The van der Waals surface area contributed by atoms with Crippen molar-refractivity contribution in [3.63, 3.8) is 0 Å². The highest BCUT2D eigenvalue weighted by Gasteiger charge is 2.41. The van der Waals surface area contributed by atoms with Gasteiger partial charge in [-0.05, 0) is 88.2 Å². The molecule has 2 aliphatic rings. The molecule has 3 heteroatoms. The first-order valence-corrected chi connectivity index (χ1v) is 13.5. The lowest BCUT2D eigenvalue weighted by molar-refractivity contribution is 0.696. The Morgan fingerprint density at radius 2 is 0.895 bits per heavy atom. The summed E-state index contributed by atoms with van der Waals surface area (Å²) in [6.07, 6.45) is 12.0. The van der Waals surface area contributed by atoms with Crippen molar-refractivity contribution in [2.45, 2.75) is 102 Å². The Balaban J connectivity index is 2.03. The van der Waals surface area contributed by atoms with Crippen LogP contribution in [-0.4, -0.2) is 22.6 Å². The minimum atomic E-state index is 0.298. The fraction of sp³-hybridized carbons (Fsp3) is 1.00. The van der Waals surface area contributed by atoms with Crippen LogP contribution in [0.4, 0.5) is 0 Å². The van der Waals surface area contributed by atoms with Gasteiger partial charge in [-0.2, -0.15) is 0 Å². The quantitative estimate of drug-likeness (QED) is 0.466. The van der Waals surface area contributed by atoms with Crippen molar-refractivity contribution in [1.29, 1.82) is 0 Å². The van der Waals surface area contributed by atoms with E-state index in [-0.39, 0.29) is 0 Å². The van der Waals surface area contributed by atoms with Crippen LogP contribution in [0, 0.1) is 0 Å². The lowest BCUT2D eigenvalue weighted by atomic mass is 10.1. The zero-order chi connectivity index (χ0) is 13.8. The molecule has 0 nitrogen and oxygen atoms in total. The second-order valence-electron chi connectivity index (χ2n) is 6.20. The molecule has 2 aliphatic heterocycles. The molecule has 5 atom stereocenters. The first kappa shape index (κ1) is 16.6. The Morgan fingerprint density at radius 3 is 1.11 bits per heavy atom. The SMILES string of the molecule is CCC1CC[C@@H](CC)P1SP1[C@H](CC)CC[C@H]1CC. The maximum Gasteiger partial charge on any atom is -0.0113 e. The first-order valence-electron chi connectivity index (χ1n) is 8.49. The van der Waals surface area contributed by atoms with E-state index in [2.05, 4.69) is 38.7 Å². The van der Waals surface area contributed by atoms with E-state index in [1.807, 2.05) is 0 Å². The van der Waals surface area contributed by atoms with Crippen LogP contribution in [0.15, 0.2) is 0 Å². The standard InChI is InChI=1S/C16H32P2S/c1-5-13-9-10-14(6-2)17(13)19-18-15(7-3)11-12-16(18)8-4/h13-16H,5-12H2,1-4H3/t13-,14-,15-,16?,18?/m1/s1. The van der Waals surface area contributed by atoms with Crippen LogP contribution in [0.2, 0.25) is 0 Å². The van der Waals surface area contributed by atoms with Crippen LogP contribution in [0.25, 0.3) is 0 Å². The molecular formula is C16H32P2S. The molecule has 0 aliphatic carbocycles. The van der Waals surface area contributed by atoms with Crippen molar-refractivity contribution in [2.75, 3.05) is 0 Å². The molecule has 2 unspecified atom stereocenters. The molecule has 19 heavy (non-hydrogen) atoms. The smallest absolute Gasteiger partial charge is 0.0113 e. The molecule has 0 aromatic heterocycles.